The number of benzene rings is 1. The minimum atomic E-state index is 0.514. The van der Waals surface area contributed by atoms with Gasteiger partial charge in [0, 0.05) is 17.7 Å². The summed E-state index contributed by atoms with van der Waals surface area (Å²) < 4.78 is 0. The van der Waals surface area contributed by atoms with Crippen LogP contribution in [0.2, 0.25) is 5.15 Å². The molecule has 100 valence electrons. The van der Waals surface area contributed by atoms with E-state index in [1.807, 2.05) is 13.8 Å². The van der Waals surface area contributed by atoms with E-state index in [1.165, 1.54) is 11.1 Å². The molecular weight excluding hydrogens is 258 g/mol. The Kier molecular flexibility index (Phi) is 4.05. The molecule has 0 unspecified atom stereocenters. The lowest BCUT2D eigenvalue weighted by atomic mass is 10.1. The SMILES string of the molecule is CCc1nc(Cl)c(C)c(Nc2cc(C)ccc2C)n1. The minimum Gasteiger partial charge on any atom is -0.340 e. The van der Waals surface area contributed by atoms with Crippen LogP contribution in [0, 0.1) is 20.8 Å². The highest BCUT2D eigenvalue weighted by atomic mass is 35.5. The van der Waals surface area contributed by atoms with Gasteiger partial charge in [-0.15, -0.1) is 0 Å². The first kappa shape index (κ1) is 13.8. The molecule has 2 rings (SSSR count). The average Bonchev–Trinajstić information content (AvgIpc) is 2.38. The highest BCUT2D eigenvalue weighted by molar-refractivity contribution is 6.30. The normalized spacial score (nSPS) is 10.6. The summed E-state index contributed by atoms with van der Waals surface area (Å²) in [6.45, 7) is 8.08. The highest BCUT2D eigenvalue weighted by Gasteiger charge is 2.09. The zero-order chi connectivity index (χ0) is 14.0. The van der Waals surface area contributed by atoms with E-state index in [9.17, 15) is 0 Å². The smallest absolute Gasteiger partial charge is 0.138 e. The molecule has 3 nitrogen and oxygen atoms in total. The van der Waals surface area contributed by atoms with Gasteiger partial charge in [-0.05, 0) is 38.0 Å². The molecule has 1 heterocycles. The van der Waals surface area contributed by atoms with Gasteiger partial charge in [0.15, 0.2) is 0 Å². The molecule has 0 atom stereocenters. The first-order valence-electron chi connectivity index (χ1n) is 6.38. The van der Waals surface area contributed by atoms with Crippen molar-refractivity contribution in [2.24, 2.45) is 0 Å². The summed E-state index contributed by atoms with van der Waals surface area (Å²) in [7, 11) is 0. The Hall–Kier alpha value is -1.61. The fourth-order valence-corrected chi connectivity index (χ4v) is 2.00. The fourth-order valence-electron chi connectivity index (χ4n) is 1.81. The molecule has 19 heavy (non-hydrogen) atoms. The second-order valence-corrected chi connectivity index (χ2v) is 5.06. The van der Waals surface area contributed by atoms with E-state index in [0.29, 0.717) is 5.15 Å². The van der Waals surface area contributed by atoms with Gasteiger partial charge >= 0.3 is 0 Å². The van der Waals surface area contributed by atoms with Gasteiger partial charge in [0.25, 0.3) is 0 Å². The topological polar surface area (TPSA) is 37.8 Å². The molecule has 0 aliphatic rings. The van der Waals surface area contributed by atoms with Crippen LogP contribution < -0.4 is 5.32 Å². The van der Waals surface area contributed by atoms with Crippen LogP contribution in [-0.2, 0) is 6.42 Å². The number of aryl methyl sites for hydroxylation is 3. The zero-order valence-corrected chi connectivity index (χ0v) is 12.5. The van der Waals surface area contributed by atoms with Crippen LogP contribution in [0.4, 0.5) is 11.5 Å². The van der Waals surface area contributed by atoms with Crippen molar-refractivity contribution in [3.05, 3.63) is 45.9 Å². The molecular formula is C15H18ClN3. The fraction of sp³-hybridized carbons (Fsp3) is 0.333. The van der Waals surface area contributed by atoms with E-state index in [0.717, 1.165) is 29.3 Å². The van der Waals surface area contributed by atoms with Crippen molar-refractivity contribution in [1.82, 2.24) is 9.97 Å². The van der Waals surface area contributed by atoms with E-state index >= 15 is 0 Å². The van der Waals surface area contributed by atoms with Crippen LogP contribution in [0.1, 0.15) is 29.4 Å². The Morgan fingerprint density at radius 1 is 1.16 bits per heavy atom. The van der Waals surface area contributed by atoms with Gasteiger partial charge in [0.05, 0.1) is 0 Å². The van der Waals surface area contributed by atoms with Crippen LogP contribution in [0.25, 0.3) is 0 Å². The third kappa shape index (κ3) is 3.04. The predicted molar refractivity (Wildman–Crippen MR) is 80.4 cm³/mol. The van der Waals surface area contributed by atoms with Crippen molar-refractivity contribution in [2.45, 2.75) is 34.1 Å². The second-order valence-electron chi connectivity index (χ2n) is 4.70. The summed E-state index contributed by atoms with van der Waals surface area (Å²) >= 11 is 6.14. The first-order valence-corrected chi connectivity index (χ1v) is 6.76. The van der Waals surface area contributed by atoms with Crippen LogP contribution in [-0.4, -0.2) is 9.97 Å². The van der Waals surface area contributed by atoms with E-state index in [2.05, 4.69) is 47.3 Å². The average molecular weight is 276 g/mol. The summed E-state index contributed by atoms with van der Waals surface area (Å²) in [5.41, 5.74) is 4.32. The van der Waals surface area contributed by atoms with Crippen molar-refractivity contribution in [2.75, 3.05) is 5.32 Å². The molecule has 0 radical (unpaired) electrons. The first-order chi connectivity index (χ1) is 9.01. The number of rotatable bonds is 3. The molecule has 1 N–H and O–H groups in total. The van der Waals surface area contributed by atoms with Gasteiger partial charge in [-0.3, -0.25) is 0 Å². The minimum absolute atomic E-state index is 0.514. The molecule has 0 saturated carbocycles. The summed E-state index contributed by atoms with van der Waals surface area (Å²) in [6, 6.07) is 6.30. The maximum Gasteiger partial charge on any atom is 0.138 e. The van der Waals surface area contributed by atoms with Crippen LogP contribution in [0.5, 0.6) is 0 Å². The lowest BCUT2D eigenvalue weighted by molar-refractivity contribution is 0.933. The standard InChI is InChI=1S/C15H18ClN3/c1-5-13-18-14(16)11(4)15(19-13)17-12-8-9(2)6-7-10(12)3/h6-8H,5H2,1-4H3,(H,17,18,19). The summed E-state index contributed by atoms with van der Waals surface area (Å²) in [5, 5.41) is 3.87. The van der Waals surface area contributed by atoms with E-state index < -0.39 is 0 Å². The Balaban J connectivity index is 2.42. The van der Waals surface area contributed by atoms with Crippen molar-refractivity contribution in [1.29, 1.82) is 0 Å². The van der Waals surface area contributed by atoms with E-state index in [-0.39, 0.29) is 0 Å². The van der Waals surface area contributed by atoms with Gasteiger partial charge in [0.2, 0.25) is 0 Å². The highest BCUT2D eigenvalue weighted by Crippen LogP contribution is 2.26. The van der Waals surface area contributed by atoms with Crippen molar-refractivity contribution in [3.63, 3.8) is 0 Å². The largest absolute Gasteiger partial charge is 0.340 e. The molecule has 0 aliphatic carbocycles. The lowest BCUT2D eigenvalue weighted by Gasteiger charge is -2.13. The van der Waals surface area contributed by atoms with Gasteiger partial charge in [-0.25, -0.2) is 9.97 Å². The molecule has 0 fully saturated rings. The molecule has 0 spiro atoms. The van der Waals surface area contributed by atoms with Crippen LogP contribution >= 0.6 is 11.6 Å². The number of halogens is 1. The summed E-state index contributed by atoms with van der Waals surface area (Å²) in [5.74, 6) is 1.54. The van der Waals surface area contributed by atoms with E-state index in [4.69, 9.17) is 11.6 Å². The Morgan fingerprint density at radius 3 is 2.58 bits per heavy atom. The molecule has 0 saturated heterocycles. The maximum atomic E-state index is 6.14. The molecule has 0 aliphatic heterocycles. The number of hydrogen-bond acceptors (Lipinski definition) is 3. The number of aromatic nitrogens is 2. The number of nitrogens with one attached hydrogen (secondary N) is 1. The van der Waals surface area contributed by atoms with Crippen molar-refractivity contribution >= 4 is 23.1 Å². The maximum absolute atomic E-state index is 6.14. The Bertz CT molecular complexity index is 609. The van der Waals surface area contributed by atoms with Crippen molar-refractivity contribution < 1.29 is 0 Å². The summed E-state index contributed by atoms with van der Waals surface area (Å²) in [6.07, 6.45) is 0.765. The Labute approximate surface area is 119 Å². The quantitative estimate of drug-likeness (QED) is 0.846. The van der Waals surface area contributed by atoms with Gasteiger partial charge in [-0.1, -0.05) is 30.7 Å². The predicted octanol–water partition coefficient (Wildman–Crippen LogP) is 4.36. The van der Waals surface area contributed by atoms with Crippen molar-refractivity contribution in [3.8, 4) is 0 Å². The summed E-state index contributed by atoms with van der Waals surface area (Å²) in [4.78, 5) is 8.76. The van der Waals surface area contributed by atoms with Gasteiger partial charge in [0.1, 0.15) is 16.8 Å². The monoisotopic (exact) mass is 275 g/mol. The molecule has 1 aromatic carbocycles. The molecule has 0 bridgehead atoms. The van der Waals surface area contributed by atoms with Crippen LogP contribution in [0.15, 0.2) is 18.2 Å². The third-order valence-corrected chi connectivity index (χ3v) is 3.46. The number of nitrogens with zero attached hydrogens (tertiary/aromatic N) is 2. The number of anilines is 2. The molecule has 4 heteroatoms. The Morgan fingerprint density at radius 2 is 1.89 bits per heavy atom. The number of hydrogen-bond donors (Lipinski definition) is 1. The van der Waals surface area contributed by atoms with Gasteiger partial charge < -0.3 is 5.32 Å². The van der Waals surface area contributed by atoms with E-state index in [1.54, 1.807) is 0 Å². The second kappa shape index (κ2) is 5.57. The molecule has 2 aromatic rings. The molecule has 1 aromatic heterocycles. The third-order valence-electron chi connectivity index (χ3n) is 3.10. The zero-order valence-electron chi connectivity index (χ0n) is 11.7. The molecule has 0 amide bonds. The van der Waals surface area contributed by atoms with Crippen LogP contribution in [0.3, 0.4) is 0 Å². The lowest BCUT2D eigenvalue weighted by Crippen LogP contribution is -2.04. The van der Waals surface area contributed by atoms with Gasteiger partial charge in [-0.2, -0.15) is 0 Å².